The molecule has 0 saturated heterocycles. The van der Waals surface area contributed by atoms with Gasteiger partial charge in [-0.15, -0.1) is 0 Å². The normalized spacial score (nSPS) is 10.1. The molecule has 0 unspecified atom stereocenters. The predicted molar refractivity (Wildman–Crippen MR) is 44.2 cm³/mol. The van der Waals surface area contributed by atoms with E-state index in [1.165, 1.54) is 14.0 Å². The summed E-state index contributed by atoms with van der Waals surface area (Å²) in [5.41, 5.74) is -0.122. The molecule has 0 saturated carbocycles. The lowest BCUT2D eigenvalue weighted by atomic mass is 10.2. The highest BCUT2D eigenvalue weighted by Gasteiger charge is 2.23. The van der Waals surface area contributed by atoms with Crippen LogP contribution < -0.4 is 9.47 Å². The van der Waals surface area contributed by atoms with E-state index in [0.717, 1.165) is 7.11 Å². The largest absolute Gasteiger partial charge is 0.492 e. The summed E-state index contributed by atoms with van der Waals surface area (Å²) in [7, 11) is 2.37. The number of halogens is 3. The molecule has 0 atom stereocenters. The van der Waals surface area contributed by atoms with Crippen molar-refractivity contribution in [2.75, 3.05) is 14.2 Å². The zero-order valence-electron chi connectivity index (χ0n) is 7.95. The molecule has 14 heavy (non-hydrogen) atoms. The van der Waals surface area contributed by atoms with Crippen molar-refractivity contribution in [2.24, 2.45) is 0 Å². The number of methoxy groups -OCH3 is 2. The maximum Gasteiger partial charge on any atom is 0.207 e. The van der Waals surface area contributed by atoms with Crippen LogP contribution in [0.2, 0.25) is 0 Å². The van der Waals surface area contributed by atoms with Gasteiger partial charge in [0.25, 0.3) is 0 Å². The van der Waals surface area contributed by atoms with Gasteiger partial charge >= 0.3 is 0 Å². The van der Waals surface area contributed by atoms with E-state index in [9.17, 15) is 13.2 Å². The minimum atomic E-state index is -1.56. The number of hydrogen-bond acceptors (Lipinski definition) is 2. The van der Waals surface area contributed by atoms with E-state index < -0.39 is 23.2 Å². The molecular weight excluding hydrogens is 197 g/mol. The van der Waals surface area contributed by atoms with Crippen molar-refractivity contribution in [1.29, 1.82) is 0 Å². The lowest BCUT2D eigenvalue weighted by molar-refractivity contribution is 0.316. The van der Waals surface area contributed by atoms with Gasteiger partial charge in [0.05, 0.1) is 14.2 Å². The third kappa shape index (κ3) is 1.38. The van der Waals surface area contributed by atoms with Gasteiger partial charge in [-0.3, -0.25) is 0 Å². The van der Waals surface area contributed by atoms with Crippen molar-refractivity contribution in [3.8, 4) is 11.5 Å². The Morgan fingerprint density at radius 1 is 0.786 bits per heavy atom. The first kappa shape index (κ1) is 10.7. The Kier molecular flexibility index (Phi) is 2.88. The van der Waals surface area contributed by atoms with Crippen LogP contribution in [0.15, 0.2) is 0 Å². The highest BCUT2D eigenvalue weighted by molar-refractivity contribution is 5.48. The van der Waals surface area contributed by atoms with Gasteiger partial charge in [0.2, 0.25) is 5.82 Å². The van der Waals surface area contributed by atoms with Gasteiger partial charge < -0.3 is 9.47 Å². The molecule has 0 aromatic heterocycles. The summed E-state index contributed by atoms with van der Waals surface area (Å²) in [5, 5.41) is 0. The second-order valence-corrected chi connectivity index (χ2v) is 2.63. The third-order valence-electron chi connectivity index (χ3n) is 1.87. The SMILES string of the molecule is COc1c(C)c(F)c(F)c(F)c1OC. The number of ether oxygens (including phenoxy) is 2. The van der Waals surface area contributed by atoms with Crippen LogP contribution in [0.25, 0.3) is 0 Å². The van der Waals surface area contributed by atoms with Crippen LogP contribution in [0.1, 0.15) is 5.56 Å². The van der Waals surface area contributed by atoms with E-state index in [0.29, 0.717) is 0 Å². The van der Waals surface area contributed by atoms with E-state index in [-0.39, 0.29) is 11.3 Å². The fourth-order valence-electron chi connectivity index (χ4n) is 1.16. The van der Waals surface area contributed by atoms with Crippen LogP contribution >= 0.6 is 0 Å². The quantitative estimate of drug-likeness (QED) is 0.692. The number of rotatable bonds is 2. The van der Waals surface area contributed by atoms with Gasteiger partial charge in [0, 0.05) is 5.56 Å². The first-order chi connectivity index (χ1) is 6.54. The van der Waals surface area contributed by atoms with Crippen molar-refractivity contribution in [3.05, 3.63) is 23.0 Å². The molecule has 0 aliphatic heterocycles. The van der Waals surface area contributed by atoms with Crippen molar-refractivity contribution in [2.45, 2.75) is 6.92 Å². The Balaban J connectivity index is 3.57. The zero-order valence-corrected chi connectivity index (χ0v) is 7.95. The molecule has 0 spiro atoms. The molecule has 0 heterocycles. The summed E-state index contributed by atoms with van der Waals surface area (Å²) in [6, 6.07) is 0. The predicted octanol–water partition coefficient (Wildman–Crippen LogP) is 2.43. The molecule has 5 heteroatoms. The molecule has 0 N–H and O–H groups in total. The van der Waals surface area contributed by atoms with E-state index in [4.69, 9.17) is 4.74 Å². The van der Waals surface area contributed by atoms with Crippen LogP contribution in [-0.4, -0.2) is 14.2 Å². The smallest absolute Gasteiger partial charge is 0.207 e. The molecule has 0 fully saturated rings. The van der Waals surface area contributed by atoms with E-state index in [1.807, 2.05) is 0 Å². The molecule has 1 aromatic carbocycles. The molecule has 0 amide bonds. The van der Waals surface area contributed by atoms with Crippen molar-refractivity contribution in [3.63, 3.8) is 0 Å². The second kappa shape index (κ2) is 3.77. The van der Waals surface area contributed by atoms with Gasteiger partial charge in [0.1, 0.15) is 0 Å². The Bertz CT molecular complexity index is 329. The highest BCUT2D eigenvalue weighted by atomic mass is 19.2. The fourth-order valence-corrected chi connectivity index (χ4v) is 1.16. The Hall–Kier alpha value is -1.39. The zero-order chi connectivity index (χ0) is 10.9. The van der Waals surface area contributed by atoms with E-state index >= 15 is 0 Å². The topological polar surface area (TPSA) is 18.5 Å². The van der Waals surface area contributed by atoms with Crippen LogP contribution in [0.4, 0.5) is 13.2 Å². The molecule has 2 nitrogen and oxygen atoms in total. The summed E-state index contributed by atoms with van der Waals surface area (Å²) >= 11 is 0. The second-order valence-electron chi connectivity index (χ2n) is 2.63. The van der Waals surface area contributed by atoms with E-state index in [1.54, 1.807) is 0 Å². The van der Waals surface area contributed by atoms with E-state index in [2.05, 4.69) is 4.74 Å². The van der Waals surface area contributed by atoms with Crippen LogP contribution in [0, 0.1) is 24.4 Å². The Morgan fingerprint density at radius 3 is 1.71 bits per heavy atom. The molecule has 1 rings (SSSR count). The lowest BCUT2D eigenvalue weighted by Gasteiger charge is -2.12. The molecule has 0 radical (unpaired) electrons. The van der Waals surface area contributed by atoms with Crippen molar-refractivity contribution >= 4 is 0 Å². The maximum absolute atomic E-state index is 13.1. The monoisotopic (exact) mass is 206 g/mol. The average Bonchev–Trinajstić information content (AvgIpc) is 2.20. The molecule has 0 aliphatic rings. The fraction of sp³-hybridized carbons (Fsp3) is 0.333. The first-order valence-electron chi connectivity index (χ1n) is 3.79. The van der Waals surface area contributed by atoms with Crippen molar-refractivity contribution < 1.29 is 22.6 Å². The van der Waals surface area contributed by atoms with Gasteiger partial charge in [-0.2, -0.15) is 4.39 Å². The number of benzene rings is 1. The molecule has 0 aliphatic carbocycles. The summed E-state index contributed by atoms with van der Waals surface area (Å²) in [6.07, 6.45) is 0. The van der Waals surface area contributed by atoms with Crippen LogP contribution in [0.3, 0.4) is 0 Å². The Morgan fingerprint density at radius 2 is 1.29 bits per heavy atom. The number of hydrogen-bond donors (Lipinski definition) is 0. The summed E-state index contributed by atoms with van der Waals surface area (Å²) in [5.74, 6) is -4.76. The minimum Gasteiger partial charge on any atom is -0.492 e. The summed E-state index contributed by atoms with van der Waals surface area (Å²) in [6.45, 7) is 1.28. The van der Waals surface area contributed by atoms with Gasteiger partial charge in [-0.1, -0.05) is 0 Å². The maximum atomic E-state index is 13.1. The van der Waals surface area contributed by atoms with Gasteiger partial charge in [-0.25, -0.2) is 8.78 Å². The molecule has 1 aromatic rings. The van der Waals surface area contributed by atoms with Crippen molar-refractivity contribution in [1.82, 2.24) is 0 Å². The average molecular weight is 206 g/mol. The van der Waals surface area contributed by atoms with Crippen LogP contribution in [0.5, 0.6) is 11.5 Å². The van der Waals surface area contributed by atoms with Crippen LogP contribution in [-0.2, 0) is 0 Å². The first-order valence-corrected chi connectivity index (χ1v) is 3.79. The molecule has 78 valence electrons. The van der Waals surface area contributed by atoms with Gasteiger partial charge in [-0.05, 0) is 6.92 Å². The highest BCUT2D eigenvalue weighted by Crippen LogP contribution is 2.36. The molecular formula is C9H9F3O2. The summed E-state index contributed by atoms with van der Waals surface area (Å²) in [4.78, 5) is 0. The lowest BCUT2D eigenvalue weighted by Crippen LogP contribution is -2.03. The Labute approximate surface area is 79.2 Å². The standard InChI is InChI=1S/C9H9F3O2/c1-4-5(10)6(11)7(12)9(14-3)8(4)13-2/h1-3H3. The summed E-state index contributed by atoms with van der Waals surface area (Å²) < 4.78 is 48.2. The third-order valence-corrected chi connectivity index (χ3v) is 1.87. The van der Waals surface area contributed by atoms with Gasteiger partial charge in [0.15, 0.2) is 23.1 Å². The molecule has 0 bridgehead atoms. The minimum absolute atomic E-state index is 0.122.